The van der Waals surface area contributed by atoms with Gasteiger partial charge in [-0.25, -0.2) is 0 Å². The molecule has 1 unspecified atom stereocenters. The quantitative estimate of drug-likeness (QED) is 0.646. The van der Waals surface area contributed by atoms with Gasteiger partial charge >= 0.3 is 0 Å². The van der Waals surface area contributed by atoms with Gasteiger partial charge in [0.25, 0.3) is 0 Å². The average Bonchev–Trinajstić information content (AvgIpc) is 2.86. The molecule has 2 nitrogen and oxygen atoms in total. The van der Waals surface area contributed by atoms with Crippen LogP contribution in [0.4, 0.5) is 0 Å². The second-order valence-electron chi connectivity index (χ2n) is 6.15. The van der Waals surface area contributed by atoms with Crippen LogP contribution in [-0.4, -0.2) is 11.5 Å². The van der Waals surface area contributed by atoms with Crippen molar-refractivity contribution in [2.24, 2.45) is 0 Å². The van der Waals surface area contributed by atoms with Gasteiger partial charge in [0.15, 0.2) is 0 Å². The van der Waals surface area contributed by atoms with Gasteiger partial charge in [-0.1, -0.05) is 34.1 Å². The molecule has 0 saturated heterocycles. The van der Waals surface area contributed by atoms with E-state index in [9.17, 15) is 0 Å². The van der Waals surface area contributed by atoms with Crippen molar-refractivity contribution in [3.63, 3.8) is 0 Å². The van der Waals surface area contributed by atoms with Crippen LogP contribution in [0, 0.1) is 13.8 Å². The van der Waals surface area contributed by atoms with E-state index in [0.717, 1.165) is 17.4 Å². The molecule has 3 aromatic rings. The largest absolute Gasteiger partial charge is 0.357 e. The van der Waals surface area contributed by atoms with Gasteiger partial charge in [-0.05, 0) is 60.7 Å². The van der Waals surface area contributed by atoms with E-state index in [1.165, 1.54) is 38.9 Å². The minimum absolute atomic E-state index is 0.260. The summed E-state index contributed by atoms with van der Waals surface area (Å²) in [5.41, 5.74) is 8.14. The molecule has 1 aromatic heterocycles. The molecule has 0 bridgehead atoms. The molecule has 4 rings (SSSR count). The van der Waals surface area contributed by atoms with Gasteiger partial charge in [0.1, 0.15) is 0 Å². The molecule has 112 valence electrons. The van der Waals surface area contributed by atoms with Crippen molar-refractivity contribution in [2.45, 2.75) is 26.3 Å². The average molecular weight is 355 g/mol. The van der Waals surface area contributed by atoms with Crippen molar-refractivity contribution in [1.29, 1.82) is 0 Å². The summed E-state index contributed by atoms with van der Waals surface area (Å²) in [6.45, 7) is 5.43. The minimum Gasteiger partial charge on any atom is -0.357 e. The first kappa shape index (κ1) is 14.0. The number of halogens is 1. The Morgan fingerprint density at radius 1 is 1.09 bits per heavy atom. The van der Waals surface area contributed by atoms with E-state index in [2.05, 4.69) is 76.5 Å². The molecule has 22 heavy (non-hydrogen) atoms. The Kier molecular flexibility index (Phi) is 3.35. The lowest BCUT2D eigenvalue weighted by molar-refractivity contribution is 0.556. The summed E-state index contributed by atoms with van der Waals surface area (Å²) in [5, 5.41) is 5.06. The van der Waals surface area contributed by atoms with Gasteiger partial charge in [-0.15, -0.1) is 0 Å². The summed E-state index contributed by atoms with van der Waals surface area (Å²) in [6.07, 6.45) is 1.08. The Labute approximate surface area is 139 Å². The van der Waals surface area contributed by atoms with Crippen LogP contribution < -0.4 is 5.32 Å². The van der Waals surface area contributed by atoms with Gasteiger partial charge in [0, 0.05) is 27.6 Å². The third-order valence-electron chi connectivity index (χ3n) is 4.74. The van der Waals surface area contributed by atoms with Crippen LogP contribution in [0.2, 0.25) is 0 Å². The number of aromatic nitrogens is 1. The van der Waals surface area contributed by atoms with E-state index in [1.807, 2.05) is 0 Å². The van der Waals surface area contributed by atoms with Crippen molar-refractivity contribution in [2.75, 3.05) is 6.54 Å². The Hall–Kier alpha value is -1.58. The number of hydrogen-bond acceptors (Lipinski definition) is 1. The monoisotopic (exact) mass is 354 g/mol. The van der Waals surface area contributed by atoms with E-state index in [1.54, 1.807) is 0 Å². The highest BCUT2D eigenvalue weighted by Crippen LogP contribution is 2.36. The lowest BCUT2D eigenvalue weighted by Crippen LogP contribution is -2.31. The SMILES string of the molecule is Cc1cccc(C)c1C1NCCc2c1[nH]c1ccc(Br)cc21. The van der Waals surface area contributed by atoms with E-state index < -0.39 is 0 Å². The van der Waals surface area contributed by atoms with Crippen molar-refractivity contribution < 1.29 is 0 Å². The van der Waals surface area contributed by atoms with Crippen LogP contribution in [0.25, 0.3) is 10.9 Å². The maximum absolute atomic E-state index is 3.71. The molecule has 1 atom stereocenters. The molecular formula is C19H19BrN2. The van der Waals surface area contributed by atoms with Crippen LogP contribution in [-0.2, 0) is 6.42 Å². The molecule has 0 spiro atoms. The number of rotatable bonds is 1. The van der Waals surface area contributed by atoms with Crippen LogP contribution in [0.5, 0.6) is 0 Å². The Bertz CT molecular complexity index is 843. The number of aromatic amines is 1. The first-order valence-electron chi connectivity index (χ1n) is 7.74. The molecule has 0 radical (unpaired) electrons. The fourth-order valence-corrected chi connectivity index (χ4v) is 4.09. The first-order valence-corrected chi connectivity index (χ1v) is 8.54. The fourth-order valence-electron chi connectivity index (χ4n) is 3.73. The van der Waals surface area contributed by atoms with Crippen molar-refractivity contribution >= 4 is 26.8 Å². The number of fused-ring (bicyclic) bond motifs is 3. The molecule has 1 aliphatic rings. The number of benzene rings is 2. The molecule has 2 N–H and O–H groups in total. The molecule has 2 aromatic carbocycles. The number of aryl methyl sites for hydroxylation is 2. The fraction of sp³-hybridized carbons (Fsp3) is 0.263. The van der Waals surface area contributed by atoms with E-state index in [4.69, 9.17) is 0 Å². The molecule has 0 aliphatic carbocycles. The standard InChI is InChI=1S/C19H19BrN2/c1-11-4-3-5-12(2)17(11)19-18-14(8-9-21-19)15-10-13(20)6-7-16(15)22-18/h3-7,10,19,21-22H,8-9H2,1-2H3. The van der Waals surface area contributed by atoms with Gasteiger partial charge in [0.05, 0.1) is 6.04 Å². The number of nitrogens with one attached hydrogen (secondary N) is 2. The molecule has 1 aliphatic heterocycles. The highest BCUT2D eigenvalue weighted by atomic mass is 79.9. The molecule has 0 amide bonds. The predicted molar refractivity (Wildman–Crippen MR) is 95.5 cm³/mol. The summed E-state index contributed by atoms with van der Waals surface area (Å²) < 4.78 is 1.14. The summed E-state index contributed by atoms with van der Waals surface area (Å²) in [7, 11) is 0. The lowest BCUT2D eigenvalue weighted by atomic mass is 9.89. The Morgan fingerprint density at radius 3 is 2.64 bits per heavy atom. The zero-order valence-corrected chi connectivity index (χ0v) is 14.4. The van der Waals surface area contributed by atoms with Crippen LogP contribution >= 0.6 is 15.9 Å². The van der Waals surface area contributed by atoms with Crippen LogP contribution in [0.3, 0.4) is 0 Å². The summed E-state index contributed by atoms with van der Waals surface area (Å²) in [5.74, 6) is 0. The Morgan fingerprint density at radius 2 is 1.86 bits per heavy atom. The lowest BCUT2D eigenvalue weighted by Gasteiger charge is -2.27. The molecule has 0 saturated carbocycles. The summed E-state index contributed by atoms with van der Waals surface area (Å²) in [4.78, 5) is 3.66. The smallest absolute Gasteiger partial charge is 0.0737 e. The van der Waals surface area contributed by atoms with E-state index in [0.29, 0.717) is 0 Å². The third-order valence-corrected chi connectivity index (χ3v) is 5.24. The summed E-state index contributed by atoms with van der Waals surface area (Å²) >= 11 is 3.60. The van der Waals surface area contributed by atoms with Gasteiger partial charge in [-0.2, -0.15) is 0 Å². The van der Waals surface area contributed by atoms with Crippen LogP contribution in [0.15, 0.2) is 40.9 Å². The second kappa shape index (κ2) is 5.25. The first-order chi connectivity index (χ1) is 10.6. The number of H-pyrrole nitrogens is 1. The van der Waals surface area contributed by atoms with E-state index in [-0.39, 0.29) is 6.04 Å². The highest BCUT2D eigenvalue weighted by molar-refractivity contribution is 9.10. The van der Waals surface area contributed by atoms with Crippen molar-refractivity contribution in [1.82, 2.24) is 10.3 Å². The maximum Gasteiger partial charge on any atom is 0.0737 e. The Balaban J connectivity index is 1.95. The van der Waals surface area contributed by atoms with Crippen molar-refractivity contribution in [3.8, 4) is 0 Å². The molecule has 3 heteroatoms. The third kappa shape index (κ3) is 2.11. The maximum atomic E-state index is 3.71. The second-order valence-corrected chi connectivity index (χ2v) is 7.07. The topological polar surface area (TPSA) is 27.8 Å². The zero-order valence-electron chi connectivity index (χ0n) is 12.8. The van der Waals surface area contributed by atoms with Gasteiger partial charge in [0.2, 0.25) is 0 Å². The highest BCUT2D eigenvalue weighted by Gasteiger charge is 2.27. The van der Waals surface area contributed by atoms with Gasteiger partial charge < -0.3 is 10.3 Å². The molecule has 0 fully saturated rings. The summed E-state index contributed by atoms with van der Waals surface area (Å²) in [6, 6.07) is 13.3. The predicted octanol–water partition coefficient (Wildman–Crippen LogP) is 4.78. The molecular weight excluding hydrogens is 336 g/mol. The van der Waals surface area contributed by atoms with Crippen LogP contribution in [0.1, 0.15) is 34.0 Å². The molecule has 2 heterocycles. The zero-order chi connectivity index (χ0) is 15.3. The van der Waals surface area contributed by atoms with E-state index >= 15 is 0 Å². The number of hydrogen-bond donors (Lipinski definition) is 2. The normalized spacial score (nSPS) is 17.7. The van der Waals surface area contributed by atoms with Gasteiger partial charge in [-0.3, -0.25) is 0 Å². The van der Waals surface area contributed by atoms with Crippen molar-refractivity contribution in [3.05, 3.63) is 68.8 Å². The minimum atomic E-state index is 0.260.